The summed E-state index contributed by atoms with van der Waals surface area (Å²) in [7, 11) is -3.66. The molecule has 1 aromatic carbocycles. The highest BCUT2D eigenvalue weighted by atomic mass is 79.9. The number of hydrogen-bond acceptors (Lipinski definition) is 5. The highest BCUT2D eigenvalue weighted by Crippen LogP contribution is 2.29. The number of nitrogens with zero attached hydrogens (tertiary/aromatic N) is 3. The van der Waals surface area contributed by atoms with E-state index in [9.17, 15) is 8.42 Å². The second-order valence-electron chi connectivity index (χ2n) is 6.46. The van der Waals surface area contributed by atoms with Gasteiger partial charge in [0.25, 0.3) is 0 Å². The average molecular weight is 448 g/mol. The van der Waals surface area contributed by atoms with Crippen LogP contribution in [0, 0.1) is 6.92 Å². The minimum absolute atomic E-state index is 0.239. The van der Waals surface area contributed by atoms with Gasteiger partial charge >= 0.3 is 0 Å². The molecule has 1 unspecified atom stereocenters. The molecule has 1 aliphatic heterocycles. The van der Waals surface area contributed by atoms with Gasteiger partial charge in [-0.15, -0.1) is 0 Å². The zero-order valence-corrected chi connectivity index (χ0v) is 17.1. The summed E-state index contributed by atoms with van der Waals surface area (Å²) in [6, 6.07) is 12.7. The molecule has 6 nitrogen and oxygen atoms in total. The molecular formula is C19H18BrN3O3S. The first-order valence-corrected chi connectivity index (χ1v) is 10.8. The van der Waals surface area contributed by atoms with Gasteiger partial charge in [-0.25, -0.2) is 13.4 Å². The molecule has 0 saturated carbocycles. The molecule has 4 rings (SSSR count). The lowest BCUT2D eigenvalue weighted by Crippen LogP contribution is -2.31. The van der Waals surface area contributed by atoms with E-state index in [1.54, 1.807) is 24.4 Å². The minimum atomic E-state index is -3.66. The van der Waals surface area contributed by atoms with Crippen molar-refractivity contribution in [3.8, 4) is 5.88 Å². The number of para-hydroxylation sites is 1. The molecule has 3 heterocycles. The predicted molar refractivity (Wildman–Crippen MR) is 106 cm³/mol. The van der Waals surface area contributed by atoms with E-state index >= 15 is 0 Å². The van der Waals surface area contributed by atoms with Crippen LogP contribution in [-0.2, 0) is 10.0 Å². The smallest absolute Gasteiger partial charge is 0.245 e. The Bertz CT molecular complexity index is 1100. The molecule has 0 N–H and O–H groups in total. The third-order valence-corrected chi connectivity index (χ3v) is 7.05. The third-order valence-electron chi connectivity index (χ3n) is 4.55. The van der Waals surface area contributed by atoms with Gasteiger partial charge in [0, 0.05) is 23.8 Å². The van der Waals surface area contributed by atoms with Crippen molar-refractivity contribution in [2.45, 2.75) is 24.3 Å². The third kappa shape index (κ3) is 3.56. The van der Waals surface area contributed by atoms with E-state index in [-0.39, 0.29) is 17.5 Å². The Kier molecular flexibility index (Phi) is 4.88. The van der Waals surface area contributed by atoms with E-state index in [0.717, 1.165) is 15.6 Å². The molecule has 0 aliphatic carbocycles. The van der Waals surface area contributed by atoms with E-state index in [2.05, 4.69) is 25.9 Å². The van der Waals surface area contributed by atoms with E-state index in [0.29, 0.717) is 24.4 Å². The first-order chi connectivity index (χ1) is 12.9. The van der Waals surface area contributed by atoms with Crippen molar-refractivity contribution in [2.75, 3.05) is 13.1 Å². The average Bonchev–Trinajstić information content (AvgIpc) is 3.12. The molecule has 1 aliphatic rings. The summed E-state index contributed by atoms with van der Waals surface area (Å²) in [5.74, 6) is 0.476. The Labute approximate surface area is 166 Å². The van der Waals surface area contributed by atoms with Crippen LogP contribution in [0.4, 0.5) is 0 Å². The number of fused-ring (bicyclic) bond motifs is 1. The fraction of sp³-hybridized carbons (Fsp3) is 0.263. The Morgan fingerprint density at radius 2 is 2.04 bits per heavy atom. The molecule has 0 amide bonds. The number of benzene rings is 1. The van der Waals surface area contributed by atoms with Crippen LogP contribution in [0.1, 0.15) is 12.1 Å². The highest BCUT2D eigenvalue weighted by Gasteiger charge is 2.35. The van der Waals surface area contributed by atoms with Crippen molar-refractivity contribution in [1.82, 2.24) is 14.3 Å². The molecule has 2 aromatic heterocycles. The number of ether oxygens (including phenoxy) is 1. The van der Waals surface area contributed by atoms with E-state index < -0.39 is 10.0 Å². The molecule has 0 bridgehead atoms. The van der Waals surface area contributed by atoms with Crippen molar-refractivity contribution >= 4 is 36.9 Å². The SMILES string of the molecule is Cc1ccc2cccc(S(=O)(=O)N3CCC(Oc4ncccc4Br)C3)c2n1. The summed E-state index contributed by atoms with van der Waals surface area (Å²) in [6.07, 6.45) is 2.02. The van der Waals surface area contributed by atoms with Crippen LogP contribution in [0.5, 0.6) is 5.88 Å². The molecule has 140 valence electrons. The number of halogens is 1. The number of aromatic nitrogens is 2. The lowest BCUT2D eigenvalue weighted by Gasteiger charge is -2.18. The van der Waals surface area contributed by atoms with Crippen LogP contribution >= 0.6 is 15.9 Å². The second kappa shape index (κ2) is 7.18. The largest absolute Gasteiger partial charge is 0.472 e. The first-order valence-electron chi connectivity index (χ1n) is 8.59. The van der Waals surface area contributed by atoms with Crippen molar-refractivity contribution in [1.29, 1.82) is 0 Å². The lowest BCUT2D eigenvalue weighted by molar-refractivity contribution is 0.205. The topological polar surface area (TPSA) is 72.4 Å². The molecule has 0 spiro atoms. The molecule has 3 aromatic rings. The first kappa shape index (κ1) is 18.3. The van der Waals surface area contributed by atoms with Gasteiger partial charge in [0.1, 0.15) is 11.0 Å². The van der Waals surface area contributed by atoms with E-state index in [1.165, 1.54) is 4.31 Å². The standard InChI is InChI=1S/C19H18BrN3O3S/c1-13-7-8-14-4-2-6-17(18(14)22-13)27(24,25)23-11-9-15(12-23)26-19-16(20)5-3-10-21-19/h2-8,10,15H,9,11-12H2,1H3. The van der Waals surface area contributed by atoms with Gasteiger partial charge in [-0.05, 0) is 53.5 Å². The summed E-state index contributed by atoms with van der Waals surface area (Å²) in [6.45, 7) is 2.54. The van der Waals surface area contributed by atoms with E-state index in [4.69, 9.17) is 4.74 Å². The predicted octanol–water partition coefficient (Wildman–Crippen LogP) is 3.54. The van der Waals surface area contributed by atoms with Crippen molar-refractivity contribution in [3.63, 3.8) is 0 Å². The highest BCUT2D eigenvalue weighted by molar-refractivity contribution is 9.10. The zero-order valence-electron chi connectivity index (χ0n) is 14.7. The fourth-order valence-electron chi connectivity index (χ4n) is 3.19. The summed E-state index contributed by atoms with van der Waals surface area (Å²) in [5.41, 5.74) is 1.29. The number of sulfonamides is 1. The van der Waals surface area contributed by atoms with Crippen LogP contribution < -0.4 is 4.74 Å². The fourth-order valence-corrected chi connectivity index (χ4v) is 5.19. The Morgan fingerprint density at radius 1 is 1.19 bits per heavy atom. The van der Waals surface area contributed by atoms with Crippen LogP contribution in [-0.4, -0.2) is 41.9 Å². The maximum atomic E-state index is 13.2. The normalized spacial score (nSPS) is 18.1. The maximum absolute atomic E-state index is 13.2. The number of aryl methyl sites for hydroxylation is 1. The van der Waals surface area contributed by atoms with Crippen LogP contribution in [0.15, 0.2) is 58.0 Å². The zero-order chi connectivity index (χ0) is 19.0. The number of rotatable bonds is 4. The quantitative estimate of drug-likeness (QED) is 0.611. The second-order valence-corrected chi connectivity index (χ2v) is 9.22. The number of pyridine rings is 2. The summed E-state index contributed by atoms with van der Waals surface area (Å²) >= 11 is 3.40. The van der Waals surface area contributed by atoms with Gasteiger partial charge in [0.15, 0.2) is 0 Å². The van der Waals surface area contributed by atoms with Crippen molar-refractivity contribution in [2.24, 2.45) is 0 Å². The summed E-state index contributed by atoms with van der Waals surface area (Å²) in [4.78, 5) is 8.89. The van der Waals surface area contributed by atoms with E-state index in [1.807, 2.05) is 31.2 Å². The molecular weight excluding hydrogens is 430 g/mol. The summed E-state index contributed by atoms with van der Waals surface area (Å²) < 4.78 is 34.6. The van der Waals surface area contributed by atoms with Crippen molar-refractivity contribution in [3.05, 3.63) is 58.8 Å². The maximum Gasteiger partial charge on any atom is 0.245 e. The van der Waals surface area contributed by atoms with Crippen LogP contribution in [0.3, 0.4) is 0 Å². The lowest BCUT2D eigenvalue weighted by atomic mass is 10.2. The summed E-state index contributed by atoms with van der Waals surface area (Å²) in [5, 5.41) is 0.811. The molecule has 1 fully saturated rings. The van der Waals surface area contributed by atoms with Gasteiger partial charge in [0.2, 0.25) is 15.9 Å². The monoisotopic (exact) mass is 447 g/mol. The molecule has 0 radical (unpaired) electrons. The van der Waals surface area contributed by atoms with Gasteiger partial charge in [-0.2, -0.15) is 4.31 Å². The Hall–Kier alpha value is -2.03. The van der Waals surface area contributed by atoms with Gasteiger partial charge in [-0.1, -0.05) is 18.2 Å². The molecule has 1 atom stereocenters. The molecule has 8 heteroatoms. The molecule has 1 saturated heterocycles. The number of hydrogen-bond donors (Lipinski definition) is 0. The van der Waals surface area contributed by atoms with Gasteiger partial charge in [-0.3, -0.25) is 4.98 Å². The van der Waals surface area contributed by atoms with Crippen LogP contribution in [0.25, 0.3) is 10.9 Å². The van der Waals surface area contributed by atoms with Gasteiger partial charge in [0.05, 0.1) is 16.5 Å². The minimum Gasteiger partial charge on any atom is -0.472 e. The Balaban J connectivity index is 1.61. The Morgan fingerprint density at radius 3 is 2.85 bits per heavy atom. The molecule has 27 heavy (non-hydrogen) atoms. The van der Waals surface area contributed by atoms with Gasteiger partial charge < -0.3 is 4.74 Å². The van der Waals surface area contributed by atoms with Crippen LogP contribution in [0.2, 0.25) is 0 Å². The van der Waals surface area contributed by atoms with Crippen molar-refractivity contribution < 1.29 is 13.2 Å².